The summed E-state index contributed by atoms with van der Waals surface area (Å²) >= 11 is 0. The third-order valence-corrected chi connectivity index (χ3v) is 2.52. The minimum atomic E-state index is -1.06. The van der Waals surface area contributed by atoms with Crippen molar-refractivity contribution in [1.82, 2.24) is 10.6 Å². The summed E-state index contributed by atoms with van der Waals surface area (Å²) in [6.07, 6.45) is 0. The van der Waals surface area contributed by atoms with E-state index in [0.717, 1.165) is 5.56 Å². The Morgan fingerprint density at radius 3 is 2.43 bits per heavy atom. The molecule has 7 heteroatoms. The minimum Gasteiger partial charge on any atom is -0.480 e. The first-order valence-corrected chi connectivity index (χ1v) is 6.40. The lowest BCUT2D eigenvalue weighted by molar-refractivity contribution is -0.142. The van der Waals surface area contributed by atoms with E-state index in [1.807, 2.05) is 19.1 Å². The molecule has 21 heavy (non-hydrogen) atoms. The molecule has 1 rings (SSSR count). The first-order valence-electron chi connectivity index (χ1n) is 6.40. The first kappa shape index (κ1) is 16.6. The van der Waals surface area contributed by atoms with Crippen LogP contribution in [0.15, 0.2) is 24.3 Å². The highest BCUT2D eigenvalue weighted by Crippen LogP contribution is 2.02. The van der Waals surface area contributed by atoms with Crippen LogP contribution in [0, 0.1) is 6.92 Å². The standard InChI is InChI=1S/C14H18N2O5/c1-10-2-4-11(5-3-10)14(20)16-8-12(17)15-6-7-21-9-13(18)19/h2-5H,6-9H2,1H3,(H,15,17)(H,16,20)(H,18,19). The molecule has 0 atom stereocenters. The number of aryl methyl sites for hydroxylation is 1. The second-order valence-electron chi connectivity index (χ2n) is 4.34. The third kappa shape index (κ3) is 7.07. The van der Waals surface area contributed by atoms with Crippen molar-refractivity contribution >= 4 is 17.8 Å². The summed E-state index contributed by atoms with van der Waals surface area (Å²) in [6.45, 7) is 1.66. The smallest absolute Gasteiger partial charge is 0.329 e. The zero-order valence-corrected chi connectivity index (χ0v) is 11.7. The zero-order valence-electron chi connectivity index (χ0n) is 11.7. The van der Waals surface area contributed by atoms with Crippen molar-refractivity contribution in [2.24, 2.45) is 0 Å². The number of carboxylic acids is 1. The molecule has 0 bridgehead atoms. The fourth-order valence-corrected chi connectivity index (χ4v) is 1.45. The summed E-state index contributed by atoms with van der Waals surface area (Å²) in [5, 5.41) is 13.3. The highest BCUT2D eigenvalue weighted by molar-refractivity contribution is 5.96. The van der Waals surface area contributed by atoms with Gasteiger partial charge in [0, 0.05) is 12.1 Å². The number of hydrogen-bond acceptors (Lipinski definition) is 4. The monoisotopic (exact) mass is 294 g/mol. The second-order valence-corrected chi connectivity index (χ2v) is 4.34. The maximum absolute atomic E-state index is 11.7. The van der Waals surface area contributed by atoms with Gasteiger partial charge in [0.25, 0.3) is 5.91 Å². The number of carbonyl (C=O) groups is 3. The molecule has 0 aromatic heterocycles. The Morgan fingerprint density at radius 2 is 1.81 bits per heavy atom. The van der Waals surface area contributed by atoms with Crippen LogP contribution in [-0.2, 0) is 14.3 Å². The summed E-state index contributed by atoms with van der Waals surface area (Å²) in [5.41, 5.74) is 1.53. The predicted octanol–water partition coefficient (Wildman–Crippen LogP) is -0.0578. The molecule has 0 fully saturated rings. The van der Waals surface area contributed by atoms with Crippen molar-refractivity contribution in [3.05, 3.63) is 35.4 Å². The number of nitrogens with one attached hydrogen (secondary N) is 2. The van der Waals surface area contributed by atoms with Gasteiger partial charge in [-0.3, -0.25) is 9.59 Å². The SMILES string of the molecule is Cc1ccc(C(=O)NCC(=O)NCCOCC(=O)O)cc1. The van der Waals surface area contributed by atoms with Gasteiger partial charge in [0.15, 0.2) is 0 Å². The molecule has 0 aliphatic heterocycles. The lowest BCUT2D eigenvalue weighted by atomic mass is 10.1. The molecule has 0 saturated carbocycles. The molecule has 0 aliphatic carbocycles. The Morgan fingerprint density at radius 1 is 1.14 bits per heavy atom. The van der Waals surface area contributed by atoms with Gasteiger partial charge in [-0.1, -0.05) is 17.7 Å². The largest absolute Gasteiger partial charge is 0.480 e. The summed E-state index contributed by atoms with van der Waals surface area (Å²) in [5.74, 6) is -1.76. The average Bonchev–Trinajstić information content (AvgIpc) is 2.44. The Hall–Kier alpha value is -2.41. The maximum atomic E-state index is 11.7. The van der Waals surface area contributed by atoms with Crippen LogP contribution >= 0.6 is 0 Å². The maximum Gasteiger partial charge on any atom is 0.329 e. The Labute approximate surface area is 122 Å². The fraction of sp³-hybridized carbons (Fsp3) is 0.357. The number of amides is 2. The van der Waals surface area contributed by atoms with E-state index in [2.05, 4.69) is 10.6 Å². The first-order chi connectivity index (χ1) is 9.99. The van der Waals surface area contributed by atoms with Gasteiger partial charge in [-0.25, -0.2) is 4.79 Å². The zero-order chi connectivity index (χ0) is 15.7. The van der Waals surface area contributed by atoms with Crippen LogP contribution in [0.2, 0.25) is 0 Å². The van der Waals surface area contributed by atoms with Gasteiger partial charge in [-0.2, -0.15) is 0 Å². The normalized spacial score (nSPS) is 9.95. The van der Waals surface area contributed by atoms with Crippen LogP contribution in [0.5, 0.6) is 0 Å². The van der Waals surface area contributed by atoms with Crippen LogP contribution in [0.3, 0.4) is 0 Å². The van der Waals surface area contributed by atoms with Crippen LogP contribution < -0.4 is 10.6 Å². The summed E-state index contributed by atoms with van der Waals surface area (Å²) in [7, 11) is 0. The van der Waals surface area contributed by atoms with Gasteiger partial charge in [0.1, 0.15) is 6.61 Å². The lowest BCUT2D eigenvalue weighted by Gasteiger charge is -2.07. The van der Waals surface area contributed by atoms with Crippen molar-refractivity contribution < 1.29 is 24.2 Å². The fourth-order valence-electron chi connectivity index (χ4n) is 1.45. The quantitative estimate of drug-likeness (QED) is 0.583. The minimum absolute atomic E-state index is 0.101. The molecule has 2 amide bonds. The lowest BCUT2D eigenvalue weighted by Crippen LogP contribution is -2.38. The van der Waals surface area contributed by atoms with Crippen LogP contribution in [0.4, 0.5) is 0 Å². The molecular weight excluding hydrogens is 276 g/mol. The molecule has 0 heterocycles. The number of ether oxygens (including phenoxy) is 1. The van der Waals surface area contributed by atoms with Crippen molar-refractivity contribution in [2.45, 2.75) is 6.92 Å². The van der Waals surface area contributed by atoms with Crippen LogP contribution in [-0.4, -0.2) is 49.2 Å². The Bertz CT molecular complexity index is 499. The highest BCUT2D eigenvalue weighted by Gasteiger charge is 2.07. The van der Waals surface area contributed by atoms with E-state index in [1.54, 1.807) is 12.1 Å². The second kappa shape index (κ2) is 8.70. The van der Waals surface area contributed by atoms with E-state index >= 15 is 0 Å². The molecule has 1 aromatic rings. The Balaban J connectivity index is 2.19. The van der Waals surface area contributed by atoms with Gasteiger partial charge >= 0.3 is 5.97 Å². The number of hydrogen-bond donors (Lipinski definition) is 3. The van der Waals surface area contributed by atoms with E-state index < -0.39 is 12.6 Å². The number of carboxylic acid groups (broad SMARTS) is 1. The third-order valence-electron chi connectivity index (χ3n) is 2.52. The summed E-state index contributed by atoms with van der Waals surface area (Å²) in [6, 6.07) is 6.99. The van der Waals surface area contributed by atoms with Gasteiger partial charge in [0.05, 0.1) is 13.2 Å². The Kier molecular flexibility index (Phi) is 6.90. The van der Waals surface area contributed by atoms with Crippen LogP contribution in [0.1, 0.15) is 15.9 Å². The van der Waals surface area contributed by atoms with Crippen molar-refractivity contribution in [2.75, 3.05) is 26.3 Å². The summed E-state index contributed by atoms with van der Waals surface area (Å²) < 4.78 is 4.75. The average molecular weight is 294 g/mol. The predicted molar refractivity (Wildman–Crippen MR) is 75.0 cm³/mol. The van der Waals surface area contributed by atoms with E-state index in [-0.39, 0.29) is 31.5 Å². The van der Waals surface area contributed by atoms with Gasteiger partial charge in [-0.15, -0.1) is 0 Å². The molecule has 0 radical (unpaired) electrons. The number of rotatable bonds is 8. The number of benzene rings is 1. The van der Waals surface area contributed by atoms with E-state index in [0.29, 0.717) is 5.56 Å². The molecular formula is C14H18N2O5. The molecule has 0 unspecified atom stereocenters. The molecule has 0 aliphatic rings. The molecule has 114 valence electrons. The molecule has 3 N–H and O–H groups in total. The molecule has 7 nitrogen and oxygen atoms in total. The van der Waals surface area contributed by atoms with Crippen molar-refractivity contribution in [3.8, 4) is 0 Å². The molecule has 0 spiro atoms. The number of aliphatic carboxylic acids is 1. The summed E-state index contributed by atoms with van der Waals surface area (Å²) in [4.78, 5) is 33.3. The molecule has 0 saturated heterocycles. The van der Waals surface area contributed by atoms with Gasteiger partial charge in [-0.05, 0) is 19.1 Å². The van der Waals surface area contributed by atoms with Crippen molar-refractivity contribution in [3.63, 3.8) is 0 Å². The van der Waals surface area contributed by atoms with Crippen molar-refractivity contribution in [1.29, 1.82) is 0 Å². The van der Waals surface area contributed by atoms with Crippen LogP contribution in [0.25, 0.3) is 0 Å². The van der Waals surface area contributed by atoms with E-state index in [9.17, 15) is 14.4 Å². The van der Waals surface area contributed by atoms with Gasteiger partial charge < -0.3 is 20.5 Å². The van der Waals surface area contributed by atoms with E-state index in [1.165, 1.54) is 0 Å². The highest BCUT2D eigenvalue weighted by atomic mass is 16.5. The number of carbonyl (C=O) groups excluding carboxylic acids is 2. The molecule has 1 aromatic carbocycles. The van der Waals surface area contributed by atoms with E-state index in [4.69, 9.17) is 9.84 Å². The topological polar surface area (TPSA) is 105 Å². The van der Waals surface area contributed by atoms with Gasteiger partial charge in [0.2, 0.25) is 5.91 Å².